The molecule has 1 aromatic carbocycles. The lowest BCUT2D eigenvalue weighted by Gasteiger charge is -2.60. The van der Waals surface area contributed by atoms with Crippen LogP contribution in [0.3, 0.4) is 0 Å². The molecule has 0 N–H and O–H groups in total. The Morgan fingerprint density at radius 2 is 1.82 bits per heavy atom. The van der Waals surface area contributed by atoms with Crippen LogP contribution in [0.25, 0.3) is 0 Å². The highest BCUT2D eigenvalue weighted by molar-refractivity contribution is 5.95. The Morgan fingerprint density at radius 1 is 1.12 bits per heavy atom. The number of hydrogen-bond acceptors (Lipinski definition) is 4. The molecule has 2 saturated carbocycles. The molecule has 176 valence electrons. The maximum atomic E-state index is 13.5. The van der Waals surface area contributed by atoms with E-state index in [1.165, 1.54) is 17.7 Å². The summed E-state index contributed by atoms with van der Waals surface area (Å²) in [6, 6.07) is 12.8. The minimum Gasteiger partial charge on any atom is -0.404 e. The molecule has 0 unspecified atom stereocenters. The molecule has 2 aliphatic carbocycles. The molecule has 0 bridgehead atoms. The monoisotopic (exact) mass is 460 g/mol. The summed E-state index contributed by atoms with van der Waals surface area (Å²) in [5.74, 6) is 0.462. The predicted octanol–water partition coefficient (Wildman–Crippen LogP) is 4.62. The zero-order chi connectivity index (χ0) is 23.4. The van der Waals surface area contributed by atoms with Gasteiger partial charge in [-0.15, -0.1) is 13.2 Å². The molecule has 3 fully saturated rings. The van der Waals surface area contributed by atoms with Crippen LogP contribution in [0.2, 0.25) is 0 Å². The van der Waals surface area contributed by atoms with Gasteiger partial charge in [0.2, 0.25) is 0 Å². The van der Waals surface area contributed by atoms with Gasteiger partial charge in [0.05, 0.1) is 23.8 Å². The molecular weight excluding hydrogens is 433 g/mol. The number of aromatic nitrogens is 1. The average Bonchev–Trinajstić information content (AvgIpc) is 3.51. The summed E-state index contributed by atoms with van der Waals surface area (Å²) in [4.78, 5) is 23.4. The van der Waals surface area contributed by atoms with Crippen LogP contribution in [0.5, 0.6) is 5.75 Å². The SMILES string of the molecule is CN(C)C1(c2ccccc2)CC2(CN(c3ccc(OC(F)(F)F)cn3)C(=O)N2CC2CC2)C1. The number of ether oxygens (including phenoxy) is 1. The fourth-order valence-electron chi connectivity index (χ4n) is 5.40. The Hall–Kier alpha value is -2.81. The maximum absolute atomic E-state index is 13.5. The normalized spacial score (nSPS) is 27.4. The van der Waals surface area contributed by atoms with Crippen LogP contribution in [0.1, 0.15) is 31.2 Å². The third kappa shape index (κ3) is 3.92. The van der Waals surface area contributed by atoms with Gasteiger partial charge < -0.3 is 9.64 Å². The van der Waals surface area contributed by atoms with Crippen molar-refractivity contribution in [1.82, 2.24) is 14.8 Å². The first-order valence-corrected chi connectivity index (χ1v) is 11.2. The van der Waals surface area contributed by atoms with Crippen LogP contribution < -0.4 is 9.64 Å². The first-order valence-electron chi connectivity index (χ1n) is 11.2. The Kier molecular flexibility index (Phi) is 5.08. The molecule has 1 aromatic heterocycles. The van der Waals surface area contributed by atoms with Gasteiger partial charge in [-0.3, -0.25) is 9.80 Å². The van der Waals surface area contributed by atoms with E-state index in [1.54, 1.807) is 4.90 Å². The van der Waals surface area contributed by atoms with Crippen molar-refractivity contribution >= 4 is 11.8 Å². The summed E-state index contributed by atoms with van der Waals surface area (Å²) in [7, 11) is 4.14. The van der Waals surface area contributed by atoms with Crippen molar-refractivity contribution in [3.8, 4) is 5.75 Å². The molecule has 5 rings (SSSR count). The number of urea groups is 1. The fraction of sp³-hybridized carbons (Fsp3) is 0.500. The molecule has 2 heterocycles. The molecule has 0 atom stereocenters. The first kappa shape index (κ1) is 22.0. The molecule has 0 radical (unpaired) electrons. The van der Waals surface area contributed by atoms with Gasteiger partial charge >= 0.3 is 12.4 Å². The van der Waals surface area contributed by atoms with E-state index >= 15 is 0 Å². The van der Waals surface area contributed by atoms with Crippen molar-refractivity contribution in [2.24, 2.45) is 5.92 Å². The number of benzene rings is 1. The van der Waals surface area contributed by atoms with E-state index < -0.39 is 12.1 Å². The van der Waals surface area contributed by atoms with Crippen LogP contribution in [-0.2, 0) is 5.54 Å². The zero-order valence-electron chi connectivity index (χ0n) is 18.7. The number of anilines is 1. The summed E-state index contributed by atoms with van der Waals surface area (Å²) in [6.45, 7) is 1.18. The van der Waals surface area contributed by atoms with Crippen LogP contribution in [0, 0.1) is 5.92 Å². The van der Waals surface area contributed by atoms with Gasteiger partial charge in [-0.05, 0) is 63.4 Å². The molecule has 33 heavy (non-hydrogen) atoms. The third-order valence-corrected chi connectivity index (χ3v) is 7.27. The Balaban J connectivity index is 1.42. The number of pyridine rings is 1. The molecule has 9 heteroatoms. The lowest BCUT2D eigenvalue weighted by molar-refractivity contribution is -0.274. The number of alkyl halides is 3. The van der Waals surface area contributed by atoms with Crippen LogP contribution >= 0.6 is 0 Å². The summed E-state index contributed by atoms with van der Waals surface area (Å²) >= 11 is 0. The summed E-state index contributed by atoms with van der Waals surface area (Å²) in [5.41, 5.74) is 0.726. The van der Waals surface area contributed by atoms with Gasteiger partial charge in [0.1, 0.15) is 11.6 Å². The standard InChI is InChI=1S/C24H27F3N4O2/c1-29(2)23(18-6-4-3-5-7-18)14-22(15-23)16-30(21(32)31(22)13-17-8-9-17)20-11-10-19(12-28-20)33-24(25,26)27/h3-7,10-12,17H,8-9,13-16H2,1-2H3. The highest BCUT2D eigenvalue weighted by atomic mass is 19.4. The molecule has 1 aliphatic heterocycles. The number of hydrogen-bond donors (Lipinski definition) is 0. The van der Waals surface area contributed by atoms with Crippen LogP contribution in [0.15, 0.2) is 48.7 Å². The zero-order valence-corrected chi connectivity index (χ0v) is 18.7. The second-order valence-electron chi connectivity index (χ2n) is 9.69. The van der Waals surface area contributed by atoms with Crippen molar-refractivity contribution in [2.75, 3.05) is 32.1 Å². The maximum Gasteiger partial charge on any atom is 0.573 e. The van der Waals surface area contributed by atoms with E-state index in [4.69, 9.17) is 0 Å². The fourth-order valence-corrected chi connectivity index (χ4v) is 5.40. The number of rotatable bonds is 6. The Bertz CT molecular complexity index is 1020. The average molecular weight is 461 g/mol. The number of carbonyl (C=O) groups excluding carboxylic acids is 1. The van der Waals surface area contributed by atoms with E-state index in [-0.39, 0.29) is 17.1 Å². The minimum atomic E-state index is -4.78. The molecule has 1 saturated heterocycles. The van der Waals surface area contributed by atoms with E-state index in [2.05, 4.69) is 40.8 Å². The quantitative estimate of drug-likeness (QED) is 0.631. The molecular formula is C24H27F3N4O2. The molecule has 6 nitrogen and oxygen atoms in total. The molecule has 2 aromatic rings. The summed E-state index contributed by atoms with van der Waals surface area (Å²) < 4.78 is 41.4. The number of nitrogens with zero attached hydrogens (tertiary/aromatic N) is 4. The van der Waals surface area contributed by atoms with Gasteiger partial charge in [0.25, 0.3) is 0 Å². The highest BCUT2D eigenvalue weighted by Crippen LogP contribution is 2.57. The lowest BCUT2D eigenvalue weighted by atomic mass is 9.58. The second-order valence-corrected chi connectivity index (χ2v) is 9.69. The molecule has 2 amide bonds. The lowest BCUT2D eigenvalue weighted by Crippen LogP contribution is -2.67. The van der Waals surface area contributed by atoms with E-state index in [0.29, 0.717) is 24.8 Å². The van der Waals surface area contributed by atoms with Gasteiger partial charge in [-0.2, -0.15) is 0 Å². The van der Waals surface area contributed by atoms with Crippen LogP contribution in [0.4, 0.5) is 23.8 Å². The number of carbonyl (C=O) groups is 1. The molecule has 3 aliphatic rings. The van der Waals surface area contributed by atoms with Gasteiger partial charge in [-0.1, -0.05) is 30.3 Å². The number of halogens is 3. The van der Waals surface area contributed by atoms with E-state index in [1.807, 2.05) is 23.1 Å². The first-order chi connectivity index (χ1) is 15.6. The Labute approximate surface area is 190 Å². The summed E-state index contributed by atoms with van der Waals surface area (Å²) in [5, 5.41) is 0. The van der Waals surface area contributed by atoms with Gasteiger partial charge in [0.15, 0.2) is 0 Å². The second kappa shape index (κ2) is 7.62. The smallest absolute Gasteiger partial charge is 0.404 e. The molecule has 1 spiro atoms. The van der Waals surface area contributed by atoms with Crippen molar-refractivity contribution in [3.63, 3.8) is 0 Å². The third-order valence-electron chi connectivity index (χ3n) is 7.27. The number of amides is 2. The topological polar surface area (TPSA) is 48.9 Å². The van der Waals surface area contributed by atoms with Gasteiger partial charge in [0, 0.05) is 6.54 Å². The Morgan fingerprint density at radius 3 is 2.36 bits per heavy atom. The van der Waals surface area contributed by atoms with Crippen molar-refractivity contribution in [3.05, 3.63) is 54.2 Å². The van der Waals surface area contributed by atoms with Crippen molar-refractivity contribution in [1.29, 1.82) is 0 Å². The van der Waals surface area contributed by atoms with E-state index in [9.17, 15) is 18.0 Å². The van der Waals surface area contributed by atoms with E-state index in [0.717, 1.165) is 31.9 Å². The minimum absolute atomic E-state index is 0.126. The van der Waals surface area contributed by atoms with Crippen molar-refractivity contribution in [2.45, 2.75) is 43.1 Å². The predicted molar refractivity (Wildman–Crippen MR) is 117 cm³/mol. The highest BCUT2D eigenvalue weighted by Gasteiger charge is 2.65. The van der Waals surface area contributed by atoms with Crippen LogP contribution in [-0.4, -0.2) is 59.9 Å². The largest absolute Gasteiger partial charge is 0.573 e. The van der Waals surface area contributed by atoms with Crippen molar-refractivity contribution < 1.29 is 22.7 Å². The van der Waals surface area contributed by atoms with Gasteiger partial charge in [-0.25, -0.2) is 9.78 Å². The summed E-state index contributed by atoms with van der Waals surface area (Å²) in [6.07, 6.45) is 0.0680.